The Labute approximate surface area is 149 Å². The van der Waals surface area contributed by atoms with Crippen LogP contribution in [0, 0.1) is 5.82 Å². The van der Waals surface area contributed by atoms with Gasteiger partial charge in [0.2, 0.25) is 0 Å². The van der Waals surface area contributed by atoms with Crippen LogP contribution in [0.4, 0.5) is 23.7 Å². The number of amidine groups is 1. The fourth-order valence-electron chi connectivity index (χ4n) is 2.49. The lowest BCUT2D eigenvalue weighted by molar-refractivity contribution is -0.0450. The van der Waals surface area contributed by atoms with Gasteiger partial charge in [0.1, 0.15) is 22.8 Å². The Morgan fingerprint density at radius 1 is 1.46 bits per heavy atom. The second kappa shape index (κ2) is 7.14. The number of rotatable bonds is 2. The molecule has 0 aromatic heterocycles. The predicted octanol–water partition coefficient (Wildman–Crippen LogP) is 3.21. The Hall–Kier alpha value is -2.29. The number of alkyl halides is 2. The van der Waals surface area contributed by atoms with E-state index in [2.05, 4.69) is 10.3 Å². The highest BCUT2D eigenvalue weighted by Gasteiger charge is 2.41. The fourth-order valence-corrected chi connectivity index (χ4v) is 2.49. The number of alkyl carbamates (subject to hydrolysis) is 1. The Balaban J connectivity index is 2.39. The molecule has 1 aromatic carbocycles. The van der Waals surface area contributed by atoms with Gasteiger partial charge in [-0.3, -0.25) is 10.3 Å². The highest BCUT2D eigenvalue weighted by Crippen LogP contribution is 2.34. The van der Waals surface area contributed by atoms with Gasteiger partial charge in [-0.15, -0.1) is 0 Å². The number of carbonyl (C=O) groups is 1. The molecule has 0 aliphatic carbocycles. The van der Waals surface area contributed by atoms with Gasteiger partial charge in [0.05, 0.1) is 6.61 Å². The molecule has 0 bridgehead atoms. The standard InChI is InChI=1S/C17H22F3N3O3/c1-16(2,3)26-15(24)22-14-12(13(19)20)25-8-17(4,23-14)10-7-9(21)5-6-11(10)18/h5-7,12-13H,8,21H2,1-4H3,(H,22,23,24). The number of hydrogen-bond donors (Lipinski definition) is 2. The molecule has 0 fully saturated rings. The van der Waals surface area contributed by atoms with Gasteiger partial charge in [-0.1, -0.05) is 0 Å². The van der Waals surface area contributed by atoms with Crippen LogP contribution in [0.2, 0.25) is 0 Å². The molecular weight excluding hydrogens is 351 g/mol. The van der Waals surface area contributed by atoms with Crippen LogP contribution in [0.3, 0.4) is 0 Å². The van der Waals surface area contributed by atoms with E-state index < -0.39 is 41.4 Å². The number of hydrogen-bond acceptors (Lipinski definition) is 5. The van der Waals surface area contributed by atoms with Crippen molar-refractivity contribution in [3.8, 4) is 0 Å². The van der Waals surface area contributed by atoms with Gasteiger partial charge in [0.15, 0.2) is 6.10 Å². The molecule has 0 saturated heterocycles. The van der Waals surface area contributed by atoms with E-state index in [1.54, 1.807) is 20.8 Å². The highest BCUT2D eigenvalue weighted by atomic mass is 19.3. The summed E-state index contributed by atoms with van der Waals surface area (Å²) in [6, 6.07) is 3.89. The summed E-state index contributed by atoms with van der Waals surface area (Å²) in [5.41, 5.74) is 3.88. The quantitative estimate of drug-likeness (QED) is 0.780. The maximum atomic E-state index is 14.2. The summed E-state index contributed by atoms with van der Waals surface area (Å²) in [5.74, 6) is -1.04. The van der Waals surface area contributed by atoms with E-state index in [9.17, 15) is 18.0 Å². The molecule has 2 unspecified atom stereocenters. The number of carbonyl (C=O) groups excluding carboxylic acids is 1. The van der Waals surface area contributed by atoms with Crippen molar-refractivity contribution in [2.45, 2.75) is 51.4 Å². The molecule has 1 heterocycles. The van der Waals surface area contributed by atoms with Crippen molar-refractivity contribution in [1.82, 2.24) is 5.32 Å². The molecule has 0 spiro atoms. The first-order valence-electron chi connectivity index (χ1n) is 7.96. The van der Waals surface area contributed by atoms with E-state index in [1.165, 1.54) is 19.1 Å². The van der Waals surface area contributed by atoms with Gasteiger partial charge in [0.25, 0.3) is 6.43 Å². The molecule has 1 aromatic rings. The Morgan fingerprint density at radius 2 is 2.12 bits per heavy atom. The Kier molecular flexibility index (Phi) is 5.50. The zero-order chi connectivity index (χ0) is 19.7. The van der Waals surface area contributed by atoms with Crippen LogP contribution in [0.5, 0.6) is 0 Å². The molecule has 1 amide bonds. The number of aliphatic imine (C=N–C) groups is 1. The average Bonchev–Trinajstić information content (AvgIpc) is 2.47. The SMILES string of the molecule is CC(C)(C)OC(=O)NC1=NC(C)(c2cc(N)ccc2F)COC1C(F)F. The minimum atomic E-state index is -2.93. The second-order valence-corrected chi connectivity index (χ2v) is 7.20. The van der Waals surface area contributed by atoms with Crippen molar-refractivity contribution >= 4 is 17.6 Å². The molecule has 26 heavy (non-hydrogen) atoms. The van der Waals surface area contributed by atoms with Crippen molar-refractivity contribution in [2.24, 2.45) is 4.99 Å². The number of ether oxygens (including phenoxy) is 2. The van der Waals surface area contributed by atoms with E-state index in [4.69, 9.17) is 15.2 Å². The van der Waals surface area contributed by atoms with Crippen LogP contribution in [0.1, 0.15) is 33.3 Å². The third kappa shape index (κ3) is 4.66. The number of amides is 1. The lowest BCUT2D eigenvalue weighted by Gasteiger charge is -2.35. The maximum absolute atomic E-state index is 14.2. The van der Waals surface area contributed by atoms with Crippen molar-refractivity contribution in [3.05, 3.63) is 29.6 Å². The van der Waals surface area contributed by atoms with Crippen molar-refractivity contribution in [3.63, 3.8) is 0 Å². The van der Waals surface area contributed by atoms with Gasteiger partial charge >= 0.3 is 6.09 Å². The van der Waals surface area contributed by atoms with Gasteiger partial charge in [-0.05, 0) is 45.9 Å². The van der Waals surface area contributed by atoms with Crippen molar-refractivity contribution < 1.29 is 27.4 Å². The lowest BCUT2D eigenvalue weighted by atomic mass is 9.91. The molecular formula is C17H22F3N3O3. The van der Waals surface area contributed by atoms with Crippen LogP contribution in [-0.2, 0) is 15.0 Å². The molecule has 2 atom stereocenters. The number of benzene rings is 1. The lowest BCUT2D eigenvalue weighted by Crippen LogP contribution is -2.51. The zero-order valence-electron chi connectivity index (χ0n) is 15.0. The van der Waals surface area contributed by atoms with Crippen molar-refractivity contribution in [2.75, 3.05) is 12.3 Å². The minimum Gasteiger partial charge on any atom is -0.444 e. The monoisotopic (exact) mass is 373 g/mol. The molecule has 144 valence electrons. The number of nitrogen functional groups attached to an aromatic ring is 1. The summed E-state index contributed by atoms with van der Waals surface area (Å²) in [6.45, 7) is 6.08. The van der Waals surface area contributed by atoms with Gasteiger partial charge in [-0.25, -0.2) is 18.0 Å². The van der Waals surface area contributed by atoms with E-state index in [1.807, 2.05) is 0 Å². The van der Waals surface area contributed by atoms with E-state index in [0.29, 0.717) is 0 Å². The first kappa shape index (κ1) is 20.0. The Morgan fingerprint density at radius 3 is 2.69 bits per heavy atom. The second-order valence-electron chi connectivity index (χ2n) is 7.20. The number of nitrogens with one attached hydrogen (secondary N) is 1. The van der Waals surface area contributed by atoms with Crippen molar-refractivity contribution in [1.29, 1.82) is 0 Å². The van der Waals surface area contributed by atoms with Crippen LogP contribution < -0.4 is 11.1 Å². The van der Waals surface area contributed by atoms with E-state index in [-0.39, 0.29) is 17.9 Å². The molecule has 0 radical (unpaired) electrons. The summed E-state index contributed by atoms with van der Waals surface area (Å²) < 4.78 is 51.0. The molecule has 0 saturated carbocycles. The number of nitrogens with zero attached hydrogens (tertiary/aromatic N) is 1. The summed E-state index contributed by atoms with van der Waals surface area (Å²) in [6.07, 6.45) is -5.64. The Bertz CT molecular complexity index is 719. The smallest absolute Gasteiger partial charge is 0.413 e. The molecule has 1 aliphatic rings. The average molecular weight is 373 g/mol. The first-order valence-corrected chi connectivity index (χ1v) is 7.96. The summed E-state index contributed by atoms with van der Waals surface area (Å²) in [7, 11) is 0. The molecule has 1 aliphatic heterocycles. The molecule has 9 heteroatoms. The number of anilines is 1. The third-order valence-corrected chi connectivity index (χ3v) is 3.61. The summed E-state index contributed by atoms with van der Waals surface area (Å²) in [5, 5.41) is 2.20. The topological polar surface area (TPSA) is 85.9 Å². The van der Waals surface area contributed by atoms with Gasteiger partial charge in [0, 0.05) is 11.3 Å². The summed E-state index contributed by atoms with van der Waals surface area (Å²) in [4.78, 5) is 16.1. The highest BCUT2D eigenvalue weighted by molar-refractivity contribution is 5.99. The van der Waals surface area contributed by atoms with Crippen LogP contribution in [0.25, 0.3) is 0 Å². The zero-order valence-corrected chi connectivity index (χ0v) is 15.0. The fraction of sp³-hybridized carbons (Fsp3) is 0.529. The van der Waals surface area contributed by atoms with Crippen LogP contribution in [-0.4, -0.2) is 36.7 Å². The van der Waals surface area contributed by atoms with Crippen LogP contribution >= 0.6 is 0 Å². The number of nitrogens with two attached hydrogens (primary N) is 1. The first-order chi connectivity index (χ1) is 11.9. The molecule has 3 N–H and O–H groups in total. The van der Waals surface area contributed by atoms with E-state index >= 15 is 0 Å². The largest absolute Gasteiger partial charge is 0.444 e. The maximum Gasteiger partial charge on any atom is 0.413 e. The van der Waals surface area contributed by atoms with Gasteiger partial charge in [-0.2, -0.15) is 0 Å². The predicted molar refractivity (Wildman–Crippen MR) is 90.7 cm³/mol. The van der Waals surface area contributed by atoms with Gasteiger partial charge < -0.3 is 15.2 Å². The minimum absolute atomic E-state index is 0.0775. The number of halogens is 3. The summed E-state index contributed by atoms with van der Waals surface area (Å²) >= 11 is 0. The molecule has 6 nitrogen and oxygen atoms in total. The third-order valence-electron chi connectivity index (χ3n) is 3.61. The normalized spacial score (nSPS) is 23.5. The molecule has 2 rings (SSSR count). The van der Waals surface area contributed by atoms with Crippen LogP contribution in [0.15, 0.2) is 23.2 Å². The van der Waals surface area contributed by atoms with E-state index in [0.717, 1.165) is 6.07 Å².